The third-order valence-corrected chi connectivity index (χ3v) is 7.06. The van der Waals surface area contributed by atoms with Gasteiger partial charge in [-0.2, -0.15) is 0 Å². The van der Waals surface area contributed by atoms with Crippen molar-refractivity contribution in [2.45, 2.75) is 81.6 Å². The second kappa shape index (κ2) is 7.75. The Morgan fingerprint density at radius 3 is 2.68 bits per heavy atom. The second-order valence-corrected chi connectivity index (χ2v) is 8.77. The largest absolute Gasteiger partial charge is 0.375 e. The zero-order valence-corrected chi connectivity index (χ0v) is 15.6. The molecule has 25 heavy (non-hydrogen) atoms. The van der Waals surface area contributed by atoms with Crippen LogP contribution in [0.3, 0.4) is 0 Å². The summed E-state index contributed by atoms with van der Waals surface area (Å²) in [6.07, 6.45) is 16.3. The molecule has 1 aliphatic heterocycles. The van der Waals surface area contributed by atoms with Crippen LogP contribution in [0.1, 0.15) is 76.3 Å². The summed E-state index contributed by atoms with van der Waals surface area (Å²) >= 11 is 0. The first-order chi connectivity index (χ1) is 12.3. The van der Waals surface area contributed by atoms with Gasteiger partial charge in [0, 0.05) is 23.9 Å². The van der Waals surface area contributed by atoms with Crippen molar-refractivity contribution in [1.82, 2.24) is 10.3 Å². The number of aromatic nitrogens is 1. The van der Waals surface area contributed by atoms with Gasteiger partial charge in [0.05, 0.1) is 5.60 Å². The summed E-state index contributed by atoms with van der Waals surface area (Å²) in [7, 11) is 0. The van der Waals surface area contributed by atoms with Crippen LogP contribution in [0.2, 0.25) is 0 Å². The lowest BCUT2D eigenvalue weighted by Crippen LogP contribution is -2.47. The van der Waals surface area contributed by atoms with Crippen LogP contribution >= 0.6 is 0 Å². The molecule has 3 nitrogen and oxygen atoms in total. The smallest absolute Gasteiger partial charge is 0.0691 e. The molecule has 2 heterocycles. The molecule has 2 aliphatic carbocycles. The number of hydrogen-bond acceptors (Lipinski definition) is 3. The molecule has 0 radical (unpaired) electrons. The number of ether oxygens (including phenoxy) is 1. The van der Waals surface area contributed by atoms with Gasteiger partial charge in [-0.15, -0.1) is 0 Å². The fourth-order valence-corrected chi connectivity index (χ4v) is 5.64. The maximum Gasteiger partial charge on any atom is 0.0691 e. The molecule has 0 amide bonds. The van der Waals surface area contributed by atoms with E-state index in [4.69, 9.17) is 9.72 Å². The van der Waals surface area contributed by atoms with Crippen LogP contribution in [0.4, 0.5) is 0 Å². The molecular formula is C22H34N2O. The van der Waals surface area contributed by atoms with E-state index in [1.54, 1.807) is 0 Å². The van der Waals surface area contributed by atoms with Crippen molar-refractivity contribution < 1.29 is 4.74 Å². The Morgan fingerprint density at radius 2 is 1.92 bits per heavy atom. The molecule has 138 valence electrons. The van der Waals surface area contributed by atoms with Gasteiger partial charge in [0.2, 0.25) is 0 Å². The molecule has 1 unspecified atom stereocenters. The van der Waals surface area contributed by atoms with Crippen molar-refractivity contribution >= 4 is 0 Å². The molecule has 0 bridgehead atoms. The minimum Gasteiger partial charge on any atom is -0.375 e. The van der Waals surface area contributed by atoms with Gasteiger partial charge in [-0.3, -0.25) is 4.98 Å². The summed E-state index contributed by atoms with van der Waals surface area (Å²) in [6, 6.07) is 6.46. The van der Waals surface area contributed by atoms with Crippen molar-refractivity contribution in [3.05, 3.63) is 30.1 Å². The molecule has 4 rings (SSSR count). The van der Waals surface area contributed by atoms with E-state index in [0.29, 0.717) is 0 Å². The van der Waals surface area contributed by atoms with Crippen molar-refractivity contribution in [1.29, 1.82) is 0 Å². The van der Waals surface area contributed by atoms with Crippen LogP contribution < -0.4 is 5.32 Å². The fourth-order valence-electron chi connectivity index (χ4n) is 5.64. The van der Waals surface area contributed by atoms with Gasteiger partial charge in [-0.1, -0.05) is 31.7 Å². The predicted octanol–water partition coefficient (Wildman–Crippen LogP) is 4.61. The second-order valence-electron chi connectivity index (χ2n) is 8.77. The predicted molar refractivity (Wildman–Crippen MR) is 102 cm³/mol. The van der Waals surface area contributed by atoms with E-state index in [1.807, 2.05) is 12.3 Å². The fraction of sp³-hybridized carbons (Fsp3) is 0.773. The summed E-state index contributed by atoms with van der Waals surface area (Å²) in [4.78, 5) is 4.80. The first kappa shape index (κ1) is 17.5. The minimum atomic E-state index is 0.140. The van der Waals surface area contributed by atoms with Crippen molar-refractivity contribution in [3.63, 3.8) is 0 Å². The van der Waals surface area contributed by atoms with Gasteiger partial charge in [0.1, 0.15) is 0 Å². The number of nitrogens with one attached hydrogen (secondary N) is 1. The Bertz CT molecular complexity index is 534. The van der Waals surface area contributed by atoms with Gasteiger partial charge in [0.15, 0.2) is 0 Å². The van der Waals surface area contributed by atoms with E-state index in [-0.39, 0.29) is 11.0 Å². The molecule has 1 saturated heterocycles. The third-order valence-electron chi connectivity index (χ3n) is 7.06. The van der Waals surface area contributed by atoms with Crippen LogP contribution in [0, 0.1) is 5.92 Å². The standard InChI is InChI=1S/C22H34N2O/c1-2-8-19(7-1)17-23-15-12-21(20-9-3-6-14-24-20)13-16-25-22(18-21)10-4-5-11-22/h3,6,9,14,19,23H,1-2,4-5,7-8,10-13,15-18H2. The molecule has 3 fully saturated rings. The summed E-state index contributed by atoms with van der Waals surface area (Å²) in [5, 5.41) is 3.78. The highest BCUT2D eigenvalue weighted by atomic mass is 16.5. The molecular weight excluding hydrogens is 308 g/mol. The molecule has 1 aromatic heterocycles. The SMILES string of the molecule is c1ccc(C2(CCNCC3CCCC3)CCOC3(CCCC3)C2)nc1. The first-order valence-electron chi connectivity index (χ1n) is 10.6. The molecule has 2 saturated carbocycles. The highest BCUT2D eigenvalue weighted by Crippen LogP contribution is 2.49. The van der Waals surface area contributed by atoms with E-state index in [0.717, 1.165) is 25.5 Å². The van der Waals surface area contributed by atoms with Crippen LogP contribution in [0.25, 0.3) is 0 Å². The van der Waals surface area contributed by atoms with Crippen LogP contribution in [-0.4, -0.2) is 30.3 Å². The average Bonchev–Trinajstić information content (AvgIpc) is 3.32. The van der Waals surface area contributed by atoms with E-state index in [2.05, 4.69) is 17.4 Å². The topological polar surface area (TPSA) is 34.1 Å². The van der Waals surface area contributed by atoms with E-state index < -0.39 is 0 Å². The summed E-state index contributed by atoms with van der Waals surface area (Å²) in [5.41, 5.74) is 1.64. The monoisotopic (exact) mass is 342 g/mol. The highest BCUT2D eigenvalue weighted by Gasteiger charge is 2.48. The third kappa shape index (κ3) is 3.93. The molecule has 1 aromatic rings. The maximum atomic E-state index is 6.34. The zero-order chi connectivity index (χ0) is 17.0. The van der Waals surface area contributed by atoms with Gasteiger partial charge < -0.3 is 10.1 Å². The lowest BCUT2D eigenvalue weighted by Gasteiger charge is -2.46. The lowest BCUT2D eigenvalue weighted by molar-refractivity contribution is -0.104. The Morgan fingerprint density at radius 1 is 1.08 bits per heavy atom. The van der Waals surface area contributed by atoms with Gasteiger partial charge in [-0.25, -0.2) is 0 Å². The molecule has 1 atom stereocenters. The normalized spacial score (nSPS) is 29.4. The first-order valence-corrected chi connectivity index (χ1v) is 10.6. The number of hydrogen-bond donors (Lipinski definition) is 1. The van der Waals surface area contributed by atoms with Gasteiger partial charge >= 0.3 is 0 Å². The molecule has 3 aliphatic rings. The Kier molecular flexibility index (Phi) is 5.42. The Balaban J connectivity index is 1.44. The van der Waals surface area contributed by atoms with E-state index in [1.165, 1.54) is 76.4 Å². The Labute approximate surface area is 153 Å². The maximum absolute atomic E-state index is 6.34. The summed E-state index contributed by atoms with van der Waals surface area (Å²) < 4.78 is 6.34. The van der Waals surface area contributed by atoms with E-state index in [9.17, 15) is 0 Å². The quantitative estimate of drug-likeness (QED) is 0.767. The summed E-state index contributed by atoms with van der Waals surface area (Å²) in [5.74, 6) is 0.918. The van der Waals surface area contributed by atoms with Crippen molar-refractivity contribution in [3.8, 4) is 0 Å². The van der Waals surface area contributed by atoms with E-state index >= 15 is 0 Å². The van der Waals surface area contributed by atoms with Gasteiger partial charge in [0.25, 0.3) is 0 Å². The molecule has 1 spiro atoms. The van der Waals surface area contributed by atoms with Crippen LogP contribution in [0.5, 0.6) is 0 Å². The van der Waals surface area contributed by atoms with Crippen LogP contribution in [0.15, 0.2) is 24.4 Å². The molecule has 1 N–H and O–H groups in total. The molecule has 3 heteroatoms. The minimum absolute atomic E-state index is 0.140. The number of pyridine rings is 1. The van der Waals surface area contributed by atoms with Crippen molar-refractivity contribution in [2.75, 3.05) is 19.7 Å². The number of nitrogens with zero attached hydrogens (tertiary/aromatic N) is 1. The van der Waals surface area contributed by atoms with Crippen molar-refractivity contribution in [2.24, 2.45) is 5.92 Å². The summed E-state index contributed by atoms with van der Waals surface area (Å²) in [6.45, 7) is 3.22. The lowest BCUT2D eigenvalue weighted by atomic mass is 9.68. The highest BCUT2D eigenvalue weighted by molar-refractivity contribution is 5.20. The molecule has 0 aromatic carbocycles. The van der Waals surface area contributed by atoms with Gasteiger partial charge in [-0.05, 0) is 76.1 Å². The Hall–Kier alpha value is -0.930. The number of rotatable bonds is 6. The average molecular weight is 343 g/mol. The van der Waals surface area contributed by atoms with Crippen LogP contribution in [-0.2, 0) is 10.2 Å². The zero-order valence-electron chi connectivity index (χ0n) is 15.6.